The van der Waals surface area contributed by atoms with E-state index < -0.39 is 12.0 Å². The molecule has 1 fully saturated rings. The monoisotopic (exact) mass is 329 g/mol. The largest absolute Gasteiger partial charge is 0.452 e. The fourth-order valence-corrected chi connectivity index (χ4v) is 2.84. The lowest BCUT2D eigenvalue weighted by molar-refractivity contribution is -0.144. The smallest absolute Gasteiger partial charge is 0.343 e. The summed E-state index contributed by atoms with van der Waals surface area (Å²) in [6.07, 6.45) is -1.27. The highest BCUT2D eigenvalue weighted by Crippen LogP contribution is 2.34. The summed E-state index contributed by atoms with van der Waals surface area (Å²) in [6, 6.07) is 0.321. The van der Waals surface area contributed by atoms with Crippen LogP contribution in [-0.4, -0.2) is 27.3 Å². The Labute approximate surface area is 109 Å². The van der Waals surface area contributed by atoms with E-state index in [0.29, 0.717) is 23.0 Å². The molecule has 1 saturated carbocycles. The second-order valence-electron chi connectivity index (χ2n) is 3.87. The third-order valence-electron chi connectivity index (χ3n) is 2.76. The predicted molar refractivity (Wildman–Crippen MR) is 63.7 cm³/mol. The molecule has 0 saturated heterocycles. The summed E-state index contributed by atoms with van der Waals surface area (Å²) in [7, 11) is 0. The van der Waals surface area contributed by atoms with Crippen LogP contribution >= 0.6 is 27.5 Å². The number of halogens is 4. The molecule has 1 aliphatic rings. The van der Waals surface area contributed by atoms with Gasteiger partial charge in [0, 0.05) is 29.4 Å². The first-order valence-corrected chi connectivity index (χ1v) is 7.15. The van der Waals surface area contributed by atoms with Gasteiger partial charge in [0.15, 0.2) is 0 Å². The van der Waals surface area contributed by atoms with E-state index in [9.17, 15) is 13.2 Å². The normalized spacial score (nSPS) is 16.9. The molecule has 1 heterocycles. The standard InChI is InChI=1S/C9H11BrF3N3S/c10-4-5-16(6-2-1-3-6)8-14-7(15-17-8)9(11,12)13/h6H,1-5H2. The van der Waals surface area contributed by atoms with Crippen molar-refractivity contribution in [2.75, 3.05) is 16.8 Å². The van der Waals surface area contributed by atoms with Crippen molar-refractivity contribution in [3.8, 4) is 0 Å². The average molecular weight is 330 g/mol. The van der Waals surface area contributed by atoms with Gasteiger partial charge in [0.1, 0.15) is 0 Å². The molecule has 0 N–H and O–H groups in total. The molecule has 0 amide bonds. The maximum atomic E-state index is 12.4. The highest BCUT2D eigenvalue weighted by atomic mass is 79.9. The molecule has 1 aromatic heterocycles. The highest BCUT2D eigenvalue weighted by molar-refractivity contribution is 9.09. The Balaban J connectivity index is 2.15. The van der Waals surface area contributed by atoms with Crippen LogP contribution in [0.2, 0.25) is 0 Å². The Morgan fingerprint density at radius 3 is 2.53 bits per heavy atom. The van der Waals surface area contributed by atoms with Gasteiger partial charge in [0.05, 0.1) is 0 Å². The van der Waals surface area contributed by atoms with Gasteiger partial charge in [-0.25, -0.2) is 0 Å². The summed E-state index contributed by atoms with van der Waals surface area (Å²) in [5, 5.41) is 1.09. The van der Waals surface area contributed by atoms with E-state index in [1.165, 1.54) is 0 Å². The van der Waals surface area contributed by atoms with Crippen LogP contribution in [0, 0.1) is 0 Å². The van der Waals surface area contributed by atoms with Gasteiger partial charge in [0.2, 0.25) is 11.0 Å². The second kappa shape index (κ2) is 5.09. The van der Waals surface area contributed by atoms with Gasteiger partial charge in [-0.15, -0.1) is 0 Å². The number of hydrogen-bond acceptors (Lipinski definition) is 4. The van der Waals surface area contributed by atoms with Gasteiger partial charge in [-0.05, 0) is 19.3 Å². The van der Waals surface area contributed by atoms with Crippen LogP contribution < -0.4 is 4.90 Å². The van der Waals surface area contributed by atoms with E-state index in [1.54, 1.807) is 0 Å². The number of hydrogen-bond donors (Lipinski definition) is 0. The van der Waals surface area contributed by atoms with Gasteiger partial charge < -0.3 is 4.90 Å². The molecule has 1 aromatic rings. The van der Waals surface area contributed by atoms with E-state index in [-0.39, 0.29) is 0 Å². The molecule has 0 aliphatic heterocycles. The van der Waals surface area contributed by atoms with E-state index in [1.807, 2.05) is 4.90 Å². The minimum Gasteiger partial charge on any atom is -0.343 e. The Kier molecular flexibility index (Phi) is 3.92. The quantitative estimate of drug-likeness (QED) is 0.793. The van der Waals surface area contributed by atoms with E-state index in [4.69, 9.17) is 0 Å². The molecular formula is C9H11BrF3N3S. The third-order valence-corrected chi connectivity index (χ3v) is 3.86. The summed E-state index contributed by atoms with van der Waals surface area (Å²) < 4.78 is 40.6. The summed E-state index contributed by atoms with van der Waals surface area (Å²) in [4.78, 5) is 5.51. The predicted octanol–water partition coefficient (Wildman–Crippen LogP) is 3.31. The number of alkyl halides is 4. The van der Waals surface area contributed by atoms with Crippen molar-refractivity contribution >= 4 is 32.6 Å². The molecule has 0 atom stereocenters. The van der Waals surface area contributed by atoms with Crippen LogP contribution in [0.25, 0.3) is 0 Å². The van der Waals surface area contributed by atoms with Gasteiger partial charge in [-0.3, -0.25) is 0 Å². The SMILES string of the molecule is FC(F)(F)c1nsc(N(CCBr)C2CCC2)n1. The van der Waals surface area contributed by atoms with Crippen molar-refractivity contribution in [1.82, 2.24) is 9.36 Å². The van der Waals surface area contributed by atoms with Crippen LogP contribution in [0.3, 0.4) is 0 Å². The molecule has 0 radical (unpaired) electrons. The molecule has 0 aromatic carbocycles. The lowest BCUT2D eigenvalue weighted by Crippen LogP contribution is -2.41. The maximum absolute atomic E-state index is 12.4. The van der Waals surface area contributed by atoms with Crippen LogP contribution in [0.1, 0.15) is 25.1 Å². The zero-order chi connectivity index (χ0) is 12.5. The average Bonchev–Trinajstić information content (AvgIpc) is 2.61. The van der Waals surface area contributed by atoms with Crippen molar-refractivity contribution in [2.24, 2.45) is 0 Å². The van der Waals surface area contributed by atoms with E-state index in [2.05, 4.69) is 25.3 Å². The van der Waals surface area contributed by atoms with Crippen molar-refractivity contribution in [3.63, 3.8) is 0 Å². The van der Waals surface area contributed by atoms with Gasteiger partial charge in [-0.2, -0.15) is 22.5 Å². The molecule has 96 valence electrons. The third kappa shape index (κ3) is 2.90. The highest BCUT2D eigenvalue weighted by Gasteiger charge is 2.37. The number of anilines is 1. The minimum absolute atomic E-state index is 0.321. The molecule has 0 unspecified atom stereocenters. The second-order valence-corrected chi connectivity index (χ2v) is 5.39. The number of aromatic nitrogens is 2. The lowest BCUT2D eigenvalue weighted by Gasteiger charge is -2.36. The first-order chi connectivity index (χ1) is 8.02. The molecule has 3 nitrogen and oxygen atoms in total. The molecule has 0 spiro atoms. The van der Waals surface area contributed by atoms with Crippen molar-refractivity contribution in [1.29, 1.82) is 0 Å². The first-order valence-electron chi connectivity index (χ1n) is 5.26. The summed E-state index contributed by atoms with van der Waals surface area (Å²) in [5.74, 6) is -1.03. The minimum atomic E-state index is -4.45. The Bertz CT molecular complexity index is 378. The van der Waals surface area contributed by atoms with E-state index in [0.717, 1.165) is 30.8 Å². The fourth-order valence-electron chi connectivity index (χ4n) is 1.67. The fraction of sp³-hybridized carbons (Fsp3) is 0.778. The van der Waals surface area contributed by atoms with Crippen LogP contribution in [0.15, 0.2) is 0 Å². The summed E-state index contributed by atoms with van der Waals surface area (Å²) >= 11 is 4.13. The summed E-state index contributed by atoms with van der Waals surface area (Å²) in [5.41, 5.74) is 0. The van der Waals surface area contributed by atoms with Gasteiger partial charge >= 0.3 is 6.18 Å². The van der Waals surface area contributed by atoms with Crippen molar-refractivity contribution in [2.45, 2.75) is 31.5 Å². The topological polar surface area (TPSA) is 29.0 Å². The van der Waals surface area contributed by atoms with Gasteiger partial charge in [0.25, 0.3) is 0 Å². The molecule has 0 bridgehead atoms. The maximum Gasteiger partial charge on any atom is 0.452 e. The van der Waals surface area contributed by atoms with Crippen LogP contribution in [0.5, 0.6) is 0 Å². The summed E-state index contributed by atoms with van der Waals surface area (Å²) in [6.45, 7) is 0.664. The zero-order valence-corrected chi connectivity index (χ0v) is 11.3. The molecule has 1 aliphatic carbocycles. The Hall–Kier alpha value is -0.370. The Morgan fingerprint density at radius 2 is 2.12 bits per heavy atom. The number of rotatable bonds is 4. The molecule has 2 rings (SSSR count). The van der Waals surface area contributed by atoms with Crippen LogP contribution in [-0.2, 0) is 6.18 Å². The number of nitrogens with zero attached hydrogens (tertiary/aromatic N) is 3. The Morgan fingerprint density at radius 1 is 1.41 bits per heavy atom. The lowest BCUT2D eigenvalue weighted by atomic mass is 9.92. The molecule has 17 heavy (non-hydrogen) atoms. The molecule has 8 heteroatoms. The van der Waals surface area contributed by atoms with E-state index >= 15 is 0 Å². The molecular weight excluding hydrogens is 319 g/mol. The zero-order valence-electron chi connectivity index (χ0n) is 8.87. The van der Waals surface area contributed by atoms with Crippen LogP contribution in [0.4, 0.5) is 18.3 Å². The first kappa shape index (κ1) is 13.1. The van der Waals surface area contributed by atoms with Crippen molar-refractivity contribution in [3.05, 3.63) is 5.82 Å². The van der Waals surface area contributed by atoms with Gasteiger partial charge in [-0.1, -0.05) is 15.9 Å². The van der Waals surface area contributed by atoms with Crippen molar-refractivity contribution < 1.29 is 13.2 Å².